The van der Waals surface area contributed by atoms with Crippen LogP contribution in [0.3, 0.4) is 0 Å². The van der Waals surface area contributed by atoms with Crippen molar-refractivity contribution in [2.75, 3.05) is 0 Å². The normalized spacial score (nSPS) is 28.4. The van der Waals surface area contributed by atoms with Crippen LogP contribution in [0.2, 0.25) is 0 Å². The van der Waals surface area contributed by atoms with Crippen LogP contribution >= 0.6 is 0 Å². The molecule has 234 valence electrons. The summed E-state index contributed by atoms with van der Waals surface area (Å²) in [5.74, 6) is -4.92. The van der Waals surface area contributed by atoms with Crippen LogP contribution in [-0.2, 0) is 28.9 Å². The highest BCUT2D eigenvalue weighted by molar-refractivity contribution is 6.25. The van der Waals surface area contributed by atoms with Crippen molar-refractivity contribution in [1.82, 2.24) is 0 Å². The zero-order valence-electron chi connectivity index (χ0n) is 27.0. The Balaban J connectivity index is 1.72. The number of carbonyl (C=O) groups is 3. The van der Waals surface area contributed by atoms with E-state index in [0.717, 1.165) is 23.6 Å². The van der Waals surface area contributed by atoms with E-state index in [2.05, 4.69) is 0 Å². The quantitative estimate of drug-likeness (QED) is 0.276. The van der Waals surface area contributed by atoms with Crippen molar-refractivity contribution in [3.05, 3.63) is 86.4 Å². The van der Waals surface area contributed by atoms with E-state index in [9.17, 15) is 34.8 Å². The van der Waals surface area contributed by atoms with Crippen LogP contribution in [0.15, 0.2) is 53.0 Å². The van der Waals surface area contributed by atoms with Crippen LogP contribution in [0, 0.1) is 29.6 Å². The van der Waals surface area contributed by atoms with E-state index in [0.29, 0.717) is 24.0 Å². The third-order valence-corrected chi connectivity index (χ3v) is 10.5. The number of phenols is 1. The molecule has 0 amide bonds. The fourth-order valence-corrected chi connectivity index (χ4v) is 8.63. The Morgan fingerprint density at radius 3 is 2.16 bits per heavy atom. The maximum Gasteiger partial charge on any atom is 0.209 e. The Kier molecular flexibility index (Phi) is 7.52. The predicted octanol–water partition coefficient (Wildman–Crippen LogP) is 6.56. The number of hydrogen-bond donors (Lipinski definition) is 4. The number of aromatic hydroxyl groups is 1. The Hall–Kier alpha value is -3.71. The van der Waals surface area contributed by atoms with Gasteiger partial charge in [-0.25, -0.2) is 0 Å². The number of ketones is 3. The van der Waals surface area contributed by atoms with Gasteiger partial charge in [0, 0.05) is 22.3 Å². The fourth-order valence-electron chi connectivity index (χ4n) is 8.63. The molecule has 0 heterocycles. The number of aliphatic hydroxyl groups excluding tert-OH is 2. The van der Waals surface area contributed by atoms with Gasteiger partial charge in [-0.3, -0.25) is 14.4 Å². The van der Waals surface area contributed by atoms with Gasteiger partial charge in [0.1, 0.15) is 22.8 Å². The number of rotatable bonds is 6. The second-order valence-electron chi connectivity index (χ2n) is 14.4. The Labute approximate surface area is 259 Å². The van der Waals surface area contributed by atoms with Gasteiger partial charge in [0.2, 0.25) is 5.78 Å². The standard InChI is InChI=1S/C37H44O7/c1-18(2)24-15-23(14-13-22-11-9-20(5)10-12-22)30(39)27-25(24)16-35(7)17-36(8)28(19(3)4)31(40)26(21(6)38)33(42)37(36,44)34(43)29(35)32(27)41/h9-12,15,18-19,28,39-40,43-44H,13-14,16-17H2,1-8H3/t28?,35-,36-,37+/m1/s1. The molecule has 0 spiro atoms. The number of aryl methyl sites for hydroxylation is 3. The van der Waals surface area contributed by atoms with Crippen molar-refractivity contribution < 1.29 is 34.8 Å². The van der Waals surface area contributed by atoms with Crippen LogP contribution in [-0.4, -0.2) is 43.4 Å². The number of carbonyl (C=O) groups excluding carboxylic acids is 3. The lowest BCUT2D eigenvalue weighted by atomic mass is 9.44. The highest BCUT2D eigenvalue weighted by atomic mass is 16.3. The number of Topliss-reactive ketones (excluding diaryl/α,β-unsaturated/α-hetero) is 3. The van der Waals surface area contributed by atoms with Crippen molar-refractivity contribution in [2.45, 2.75) is 92.6 Å². The third kappa shape index (κ3) is 4.30. The second kappa shape index (κ2) is 10.4. The average Bonchev–Trinajstić information content (AvgIpc) is 2.90. The summed E-state index contributed by atoms with van der Waals surface area (Å²) in [5, 5.41) is 47.1. The van der Waals surface area contributed by atoms with E-state index in [1.807, 2.05) is 71.9 Å². The van der Waals surface area contributed by atoms with Gasteiger partial charge in [0.25, 0.3) is 0 Å². The number of aliphatic hydroxyl groups is 3. The number of allylic oxidation sites excluding steroid dienone is 2. The third-order valence-electron chi connectivity index (χ3n) is 10.5. The minimum atomic E-state index is -2.61. The minimum Gasteiger partial charge on any atom is -0.511 e. The summed E-state index contributed by atoms with van der Waals surface area (Å²) in [7, 11) is 0. The summed E-state index contributed by atoms with van der Waals surface area (Å²) in [6.07, 6.45) is 1.50. The Bertz CT molecular complexity index is 1660. The molecule has 0 aliphatic heterocycles. The van der Waals surface area contributed by atoms with Gasteiger partial charge in [-0.1, -0.05) is 77.4 Å². The molecule has 0 fully saturated rings. The van der Waals surface area contributed by atoms with Crippen LogP contribution in [0.5, 0.6) is 5.75 Å². The van der Waals surface area contributed by atoms with Crippen LogP contribution in [0.25, 0.3) is 0 Å². The Morgan fingerprint density at radius 1 is 1.00 bits per heavy atom. The van der Waals surface area contributed by atoms with Gasteiger partial charge in [0.05, 0.1) is 5.56 Å². The van der Waals surface area contributed by atoms with Gasteiger partial charge in [-0.2, -0.15) is 0 Å². The van der Waals surface area contributed by atoms with E-state index < -0.39 is 51.0 Å². The SMILES string of the molecule is CC(=O)C1=C(O)C(C(C)C)[C@@]2(C)C[C@@]3(C)Cc4c(C(C)C)cc(CCc5ccc(C)cc5)c(O)c4C(=O)C3=C(O)[C@@]2(O)C1=O. The van der Waals surface area contributed by atoms with Gasteiger partial charge < -0.3 is 20.4 Å². The number of hydrogen-bond acceptors (Lipinski definition) is 7. The van der Waals surface area contributed by atoms with Crippen LogP contribution < -0.4 is 0 Å². The molecule has 7 nitrogen and oxygen atoms in total. The van der Waals surface area contributed by atoms with E-state index in [1.165, 1.54) is 0 Å². The highest BCUT2D eigenvalue weighted by Gasteiger charge is 2.71. The van der Waals surface area contributed by atoms with Crippen molar-refractivity contribution in [3.63, 3.8) is 0 Å². The molecule has 7 heteroatoms. The molecule has 5 rings (SSSR count). The molecule has 0 aromatic heterocycles. The van der Waals surface area contributed by atoms with Crippen LogP contribution in [0.1, 0.15) is 99.0 Å². The molecular formula is C37H44O7. The smallest absolute Gasteiger partial charge is 0.209 e. The number of phenolic OH excluding ortho intramolecular Hbond substituents is 1. The van der Waals surface area contributed by atoms with Gasteiger partial charge >= 0.3 is 0 Å². The van der Waals surface area contributed by atoms with E-state index in [4.69, 9.17) is 0 Å². The molecular weight excluding hydrogens is 556 g/mol. The summed E-state index contributed by atoms with van der Waals surface area (Å²) in [6, 6.07) is 10.1. The molecule has 1 unspecified atom stereocenters. The Morgan fingerprint density at radius 2 is 1.61 bits per heavy atom. The van der Waals surface area contributed by atoms with Crippen LogP contribution in [0.4, 0.5) is 0 Å². The summed E-state index contributed by atoms with van der Waals surface area (Å²) in [5.41, 5.74) is -1.17. The monoisotopic (exact) mass is 600 g/mol. The van der Waals surface area contributed by atoms with Crippen molar-refractivity contribution in [2.24, 2.45) is 22.7 Å². The summed E-state index contributed by atoms with van der Waals surface area (Å²) >= 11 is 0. The average molecular weight is 601 g/mol. The fraction of sp³-hybridized carbons (Fsp3) is 0.486. The molecule has 3 aliphatic carbocycles. The zero-order chi connectivity index (χ0) is 32.7. The molecule has 0 radical (unpaired) electrons. The first-order valence-corrected chi connectivity index (χ1v) is 15.5. The molecule has 44 heavy (non-hydrogen) atoms. The molecule has 0 saturated heterocycles. The lowest BCUT2D eigenvalue weighted by Crippen LogP contribution is -2.67. The molecule has 0 bridgehead atoms. The molecule has 4 N–H and O–H groups in total. The lowest BCUT2D eigenvalue weighted by molar-refractivity contribution is -0.171. The first kappa shape index (κ1) is 31.7. The minimum absolute atomic E-state index is 0.0267. The highest BCUT2D eigenvalue weighted by Crippen LogP contribution is 2.65. The van der Waals surface area contributed by atoms with Crippen molar-refractivity contribution >= 4 is 17.3 Å². The van der Waals surface area contributed by atoms with E-state index >= 15 is 0 Å². The molecule has 4 atom stereocenters. The largest absolute Gasteiger partial charge is 0.511 e. The van der Waals surface area contributed by atoms with Gasteiger partial charge in [-0.15, -0.1) is 0 Å². The maximum atomic E-state index is 14.5. The molecule has 2 aromatic carbocycles. The van der Waals surface area contributed by atoms with Crippen molar-refractivity contribution in [3.8, 4) is 5.75 Å². The summed E-state index contributed by atoms with van der Waals surface area (Å²) in [6.45, 7) is 14.4. The van der Waals surface area contributed by atoms with Gasteiger partial charge in [-0.05, 0) is 73.6 Å². The number of benzene rings is 2. The molecule has 2 aromatic rings. The van der Waals surface area contributed by atoms with Crippen molar-refractivity contribution in [1.29, 1.82) is 0 Å². The number of fused-ring (bicyclic) bond motifs is 3. The first-order chi connectivity index (χ1) is 20.4. The molecule has 0 saturated carbocycles. The predicted molar refractivity (Wildman–Crippen MR) is 168 cm³/mol. The first-order valence-electron chi connectivity index (χ1n) is 15.5. The second-order valence-corrected chi connectivity index (χ2v) is 14.4. The zero-order valence-corrected chi connectivity index (χ0v) is 27.0. The van der Waals surface area contributed by atoms with Gasteiger partial charge in [0.15, 0.2) is 17.2 Å². The maximum absolute atomic E-state index is 14.5. The topological polar surface area (TPSA) is 132 Å². The molecule has 3 aliphatic rings. The lowest BCUT2D eigenvalue weighted by Gasteiger charge is -2.59. The summed E-state index contributed by atoms with van der Waals surface area (Å²) < 4.78 is 0. The van der Waals surface area contributed by atoms with E-state index in [1.54, 1.807) is 6.92 Å². The summed E-state index contributed by atoms with van der Waals surface area (Å²) in [4.78, 5) is 41.0. The van der Waals surface area contributed by atoms with E-state index in [-0.39, 0.29) is 47.3 Å².